The van der Waals surface area contributed by atoms with Gasteiger partial charge in [0.05, 0.1) is 0 Å². The molecule has 19 heavy (non-hydrogen) atoms. The number of nitrogens with zero attached hydrogens (tertiary/aromatic N) is 1. The summed E-state index contributed by atoms with van der Waals surface area (Å²) in [5.41, 5.74) is 9.08. The monoisotopic (exact) mass is 260 g/mol. The zero-order chi connectivity index (χ0) is 13.7. The normalized spacial score (nSPS) is 23.0. The van der Waals surface area contributed by atoms with Crippen LogP contribution in [0.4, 0.5) is 0 Å². The molecule has 0 radical (unpaired) electrons. The first-order valence-electron chi connectivity index (χ1n) is 7.77. The van der Waals surface area contributed by atoms with Gasteiger partial charge in [0.1, 0.15) is 0 Å². The van der Waals surface area contributed by atoms with Crippen molar-refractivity contribution < 1.29 is 0 Å². The van der Waals surface area contributed by atoms with E-state index in [4.69, 9.17) is 5.73 Å². The van der Waals surface area contributed by atoms with Crippen LogP contribution in [0.3, 0.4) is 0 Å². The molecule has 0 spiro atoms. The number of likely N-dealkylation sites (tertiary alicyclic amines) is 1. The van der Waals surface area contributed by atoms with Crippen molar-refractivity contribution in [2.24, 2.45) is 5.73 Å². The minimum atomic E-state index is 0.147. The second-order valence-electron chi connectivity index (χ2n) is 5.87. The van der Waals surface area contributed by atoms with Crippen molar-refractivity contribution in [3.05, 3.63) is 35.4 Å². The first-order valence-corrected chi connectivity index (χ1v) is 7.77. The molecule has 106 valence electrons. The molecular weight excluding hydrogens is 232 g/mol. The molecule has 0 aromatic heterocycles. The van der Waals surface area contributed by atoms with Crippen molar-refractivity contribution in [3.63, 3.8) is 0 Å². The van der Waals surface area contributed by atoms with Crippen LogP contribution in [0.1, 0.15) is 56.2 Å². The Kier molecular flexibility index (Phi) is 5.41. The molecule has 1 aliphatic rings. The molecule has 2 nitrogen and oxygen atoms in total. The summed E-state index contributed by atoms with van der Waals surface area (Å²) in [4.78, 5) is 2.63. The number of rotatable bonds is 4. The molecule has 0 amide bonds. The average molecular weight is 260 g/mol. The van der Waals surface area contributed by atoms with Gasteiger partial charge in [-0.15, -0.1) is 0 Å². The number of hydrogen-bond donors (Lipinski definition) is 1. The maximum atomic E-state index is 6.45. The Morgan fingerprint density at radius 3 is 2.79 bits per heavy atom. The number of nitrogens with two attached hydrogens (primary N) is 1. The Bertz CT molecular complexity index is 389. The van der Waals surface area contributed by atoms with Crippen molar-refractivity contribution in [1.29, 1.82) is 0 Å². The summed E-state index contributed by atoms with van der Waals surface area (Å²) in [5.74, 6) is 0. The lowest BCUT2D eigenvalue weighted by atomic mass is 10.0. The third-order valence-electron chi connectivity index (χ3n) is 4.49. The van der Waals surface area contributed by atoms with Crippen LogP contribution in [0.25, 0.3) is 0 Å². The quantitative estimate of drug-likeness (QED) is 0.895. The molecule has 2 heteroatoms. The highest BCUT2D eigenvalue weighted by molar-refractivity contribution is 5.28. The van der Waals surface area contributed by atoms with Crippen LogP contribution in [0.5, 0.6) is 0 Å². The van der Waals surface area contributed by atoms with Crippen molar-refractivity contribution in [2.75, 3.05) is 13.1 Å². The molecule has 2 rings (SSSR count). The smallest absolute Gasteiger partial charge is 0.0427 e. The van der Waals surface area contributed by atoms with E-state index in [1.165, 1.54) is 49.8 Å². The molecule has 0 aliphatic carbocycles. The van der Waals surface area contributed by atoms with Crippen molar-refractivity contribution >= 4 is 0 Å². The SMILES string of the molecule is CCC1CCCCCN1CC(N)c1ccccc1C. The predicted molar refractivity (Wildman–Crippen MR) is 82.2 cm³/mol. The lowest BCUT2D eigenvalue weighted by Gasteiger charge is -2.32. The van der Waals surface area contributed by atoms with E-state index >= 15 is 0 Å². The Labute approximate surface area is 118 Å². The molecule has 1 fully saturated rings. The Balaban J connectivity index is 2.04. The molecule has 2 unspecified atom stereocenters. The second-order valence-corrected chi connectivity index (χ2v) is 5.87. The number of aryl methyl sites for hydroxylation is 1. The molecule has 1 aliphatic heterocycles. The number of benzene rings is 1. The van der Waals surface area contributed by atoms with E-state index < -0.39 is 0 Å². The molecule has 1 aromatic rings. The summed E-state index contributed by atoms with van der Waals surface area (Å²) in [5, 5.41) is 0. The predicted octanol–water partition coefficient (Wildman–Crippen LogP) is 3.65. The lowest BCUT2D eigenvalue weighted by molar-refractivity contribution is 0.183. The zero-order valence-corrected chi connectivity index (χ0v) is 12.4. The molecule has 1 heterocycles. The largest absolute Gasteiger partial charge is 0.323 e. The van der Waals surface area contributed by atoms with Crippen LogP contribution in [0.2, 0.25) is 0 Å². The van der Waals surface area contributed by atoms with Crippen LogP contribution in [-0.4, -0.2) is 24.0 Å². The Morgan fingerprint density at radius 1 is 1.26 bits per heavy atom. The second kappa shape index (κ2) is 7.06. The Morgan fingerprint density at radius 2 is 2.05 bits per heavy atom. The van der Waals surface area contributed by atoms with Crippen LogP contribution in [0.15, 0.2) is 24.3 Å². The summed E-state index contributed by atoms with van der Waals surface area (Å²) in [6, 6.07) is 9.41. The maximum absolute atomic E-state index is 6.45. The van der Waals surface area contributed by atoms with Crippen molar-refractivity contribution in [3.8, 4) is 0 Å². The van der Waals surface area contributed by atoms with Gasteiger partial charge in [0.15, 0.2) is 0 Å². The van der Waals surface area contributed by atoms with Crippen molar-refractivity contribution in [2.45, 2.75) is 58.0 Å². The Hall–Kier alpha value is -0.860. The summed E-state index contributed by atoms with van der Waals surface area (Å²) in [6.07, 6.45) is 6.69. The first-order chi connectivity index (χ1) is 9.22. The number of hydrogen-bond acceptors (Lipinski definition) is 2. The summed E-state index contributed by atoms with van der Waals surface area (Å²) < 4.78 is 0. The van der Waals surface area contributed by atoms with Crippen LogP contribution < -0.4 is 5.73 Å². The zero-order valence-electron chi connectivity index (χ0n) is 12.4. The van der Waals surface area contributed by atoms with Gasteiger partial charge in [-0.1, -0.05) is 44.0 Å². The molecule has 1 aromatic carbocycles. The fourth-order valence-corrected chi connectivity index (χ4v) is 3.29. The first kappa shape index (κ1) is 14.5. The van der Waals surface area contributed by atoms with Crippen molar-refractivity contribution in [1.82, 2.24) is 4.90 Å². The summed E-state index contributed by atoms with van der Waals surface area (Å²) >= 11 is 0. The van der Waals surface area contributed by atoms with E-state index in [2.05, 4.69) is 43.0 Å². The minimum Gasteiger partial charge on any atom is -0.323 e. The molecule has 2 atom stereocenters. The third kappa shape index (κ3) is 3.80. The molecular formula is C17H28N2. The lowest BCUT2D eigenvalue weighted by Crippen LogP contribution is -2.39. The van der Waals surface area contributed by atoms with Gasteiger partial charge in [-0.25, -0.2) is 0 Å². The minimum absolute atomic E-state index is 0.147. The fraction of sp³-hybridized carbons (Fsp3) is 0.647. The summed E-state index contributed by atoms with van der Waals surface area (Å²) in [6.45, 7) is 6.69. The fourth-order valence-electron chi connectivity index (χ4n) is 3.29. The molecule has 0 bridgehead atoms. The van der Waals surface area contributed by atoms with Gasteiger partial charge in [0.25, 0.3) is 0 Å². The van der Waals surface area contributed by atoms with E-state index in [0.717, 1.165) is 12.6 Å². The van der Waals surface area contributed by atoms with Gasteiger partial charge in [-0.3, -0.25) is 4.90 Å². The van der Waals surface area contributed by atoms with Gasteiger partial charge in [-0.05, 0) is 43.9 Å². The maximum Gasteiger partial charge on any atom is 0.0427 e. The molecule has 0 saturated carbocycles. The van der Waals surface area contributed by atoms with E-state index in [1.54, 1.807) is 0 Å². The van der Waals surface area contributed by atoms with Crippen LogP contribution >= 0.6 is 0 Å². The van der Waals surface area contributed by atoms with E-state index in [9.17, 15) is 0 Å². The molecule has 2 N–H and O–H groups in total. The summed E-state index contributed by atoms with van der Waals surface area (Å²) in [7, 11) is 0. The van der Waals surface area contributed by atoms with Gasteiger partial charge in [0, 0.05) is 18.6 Å². The van der Waals surface area contributed by atoms with Gasteiger partial charge in [-0.2, -0.15) is 0 Å². The highest BCUT2D eigenvalue weighted by Crippen LogP contribution is 2.23. The van der Waals surface area contributed by atoms with E-state index in [-0.39, 0.29) is 6.04 Å². The third-order valence-corrected chi connectivity index (χ3v) is 4.49. The highest BCUT2D eigenvalue weighted by atomic mass is 15.2. The standard InChI is InChI=1S/C17H28N2/c1-3-15-10-5-4-8-12-19(15)13-17(18)16-11-7-6-9-14(16)2/h6-7,9,11,15,17H,3-5,8,10,12-13,18H2,1-2H3. The molecule has 1 saturated heterocycles. The van der Waals surface area contributed by atoms with Gasteiger partial charge < -0.3 is 5.73 Å². The van der Waals surface area contributed by atoms with E-state index in [0.29, 0.717) is 0 Å². The average Bonchev–Trinajstić information content (AvgIpc) is 2.64. The van der Waals surface area contributed by atoms with Gasteiger partial charge >= 0.3 is 0 Å². The van der Waals surface area contributed by atoms with E-state index in [1.807, 2.05) is 0 Å². The van der Waals surface area contributed by atoms with Crippen LogP contribution in [-0.2, 0) is 0 Å². The van der Waals surface area contributed by atoms with Crippen LogP contribution in [0, 0.1) is 6.92 Å². The topological polar surface area (TPSA) is 29.3 Å². The van der Waals surface area contributed by atoms with Gasteiger partial charge in [0.2, 0.25) is 0 Å². The highest BCUT2D eigenvalue weighted by Gasteiger charge is 2.22.